The van der Waals surface area contributed by atoms with Gasteiger partial charge in [-0.15, -0.1) is 0 Å². The van der Waals surface area contributed by atoms with Crippen LogP contribution in [-0.2, 0) is 16.2 Å². The Morgan fingerprint density at radius 1 is 1.20 bits per heavy atom. The van der Waals surface area contributed by atoms with Gasteiger partial charge in [0.15, 0.2) is 0 Å². The highest BCUT2D eigenvalue weighted by atomic mass is 32.2. The standard InChI is InChI=1S/C12H15F4NO2S/c1-3-8(4-2)17-20(18,19)9-5-6-11(13)10(7-9)12(14,15)16/h5-8,17H,3-4H2,1-2H3. The second kappa shape index (κ2) is 6.09. The molecular weight excluding hydrogens is 298 g/mol. The molecule has 1 N–H and O–H groups in total. The van der Waals surface area contributed by atoms with E-state index in [0.29, 0.717) is 25.0 Å². The summed E-state index contributed by atoms with van der Waals surface area (Å²) >= 11 is 0. The maximum absolute atomic E-state index is 13.1. The fourth-order valence-electron chi connectivity index (χ4n) is 1.63. The second-order valence-electron chi connectivity index (χ2n) is 4.27. The number of hydrogen-bond acceptors (Lipinski definition) is 2. The smallest absolute Gasteiger partial charge is 0.208 e. The van der Waals surface area contributed by atoms with Crippen LogP contribution in [0.3, 0.4) is 0 Å². The van der Waals surface area contributed by atoms with Crippen LogP contribution in [0.25, 0.3) is 0 Å². The highest BCUT2D eigenvalue weighted by Gasteiger charge is 2.35. The van der Waals surface area contributed by atoms with Gasteiger partial charge in [0.1, 0.15) is 5.82 Å². The predicted molar refractivity (Wildman–Crippen MR) is 66.1 cm³/mol. The summed E-state index contributed by atoms with van der Waals surface area (Å²) in [6, 6.07) is 1.25. The molecule has 0 unspecified atom stereocenters. The van der Waals surface area contributed by atoms with Crippen molar-refractivity contribution in [3.63, 3.8) is 0 Å². The molecule has 0 spiro atoms. The summed E-state index contributed by atoms with van der Waals surface area (Å²) in [7, 11) is -4.10. The van der Waals surface area contributed by atoms with Gasteiger partial charge in [-0.2, -0.15) is 13.2 Å². The van der Waals surface area contributed by atoms with Crippen molar-refractivity contribution < 1.29 is 26.0 Å². The van der Waals surface area contributed by atoms with Gasteiger partial charge in [0.2, 0.25) is 10.0 Å². The van der Waals surface area contributed by atoms with E-state index in [0.717, 1.165) is 6.07 Å². The number of alkyl halides is 3. The zero-order valence-corrected chi connectivity index (χ0v) is 11.8. The molecule has 8 heteroatoms. The summed E-state index contributed by atoms with van der Waals surface area (Å²) in [6.45, 7) is 3.50. The first-order valence-corrected chi connectivity index (χ1v) is 7.49. The molecule has 20 heavy (non-hydrogen) atoms. The lowest BCUT2D eigenvalue weighted by Gasteiger charge is -2.16. The summed E-state index contributed by atoms with van der Waals surface area (Å²) in [5.74, 6) is -1.50. The molecular formula is C12H15F4NO2S. The van der Waals surface area contributed by atoms with Crippen molar-refractivity contribution in [1.29, 1.82) is 0 Å². The molecule has 0 aromatic heterocycles. The van der Waals surface area contributed by atoms with E-state index in [1.54, 1.807) is 13.8 Å². The minimum atomic E-state index is -4.94. The third-order valence-corrected chi connectivity index (χ3v) is 4.38. The van der Waals surface area contributed by atoms with Crippen LogP contribution in [0.2, 0.25) is 0 Å². The fraction of sp³-hybridized carbons (Fsp3) is 0.500. The van der Waals surface area contributed by atoms with Crippen molar-refractivity contribution in [2.24, 2.45) is 0 Å². The first kappa shape index (κ1) is 16.9. The van der Waals surface area contributed by atoms with E-state index < -0.39 is 32.5 Å². The third kappa shape index (κ3) is 3.92. The maximum Gasteiger partial charge on any atom is 0.419 e. The SMILES string of the molecule is CCC(CC)NS(=O)(=O)c1ccc(F)c(C(F)(F)F)c1. The molecule has 1 rings (SSSR count). The normalized spacial score (nSPS) is 12.9. The monoisotopic (exact) mass is 313 g/mol. The lowest BCUT2D eigenvalue weighted by atomic mass is 10.2. The number of benzene rings is 1. The van der Waals surface area contributed by atoms with Gasteiger partial charge in [0.05, 0.1) is 10.5 Å². The van der Waals surface area contributed by atoms with E-state index in [-0.39, 0.29) is 6.04 Å². The van der Waals surface area contributed by atoms with E-state index in [2.05, 4.69) is 4.72 Å². The van der Waals surface area contributed by atoms with Crippen molar-refractivity contribution in [1.82, 2.24) is 4.72 Å². The van der Waals surface area contributed by atoms with Crippen LogP contribution in [0, 0.1) is 5.82 Å². The molecule has 1 aromatic rings. The van der Waals surface area contributed by atoms with Crippen LogP contribution in [0.1, 0.15) is 32.3 Å². The topological polar surface area (TPSA) is 46.2 Å². The highest BCUT2D eigenvalue weighted by molar-refractivity contribution is 7.89. The van der Waals surface area contributed by atoms with Gasteiger partial charge < -0.3 is 0 Å². The van der Waals surface area contributed by atoms with E-state index >= 15 is 0 Å². The molecule has 0 aliphatic carbocycles. The van der Waals surface area contributed by atoms with Gasteiger partial charge in [-0.3, -0.25) is 0 Å². The van der Waals surface area contributed by atoms with Crippen molar-refractivity contribution in [2.75, 3.05) is 0 Å². The first-order chi connectivity index (χ1) is 9.11. The summed E-state index contributed by atoms with van der Waals surface area (Å²) < 4.78 is 77.0. The molecule has 0 heterocycles. The van der Waals surface area contributed by atoms with Gasteiger partial charge in [0, 0.05) is 6.04 Å². The predicted octanol–water partition coefficient (Wildman–Crippen LogP) is 3.31. The first-order valence-electron chi connectivity index (χ1n) is 6.00. The second-order valence-corrected chi connectivity index (χ2v) is 5.99. The molecule has 114 valence electrons. The van der Waals surface area contributed by atoms with E-state index in [1.165, 1.54) is 0 Å². The maximum atomic E-state index is 13.1. The number of hydrogen-bond donors (Lipinski definition) is 1. The Morgan fingerprint density at radius 3 is 2.20 bits per heavy atom. The Balaban J connectivity index is 3.20. The Bertz CT molecular complexity index is 565. The number of halogens is 4. The van der Waals surface area contributed by atoms with Crippen LogP contribution in [0.4, 0.5) is 17.6 Å². The molecule has 0 saturated carbocycles. The largest absolute Gasteiger partial charge is 0.419 e. The molecule has 3 nitrogen and oxygen atoms in total. The molecule has 0 aliphatic rings. The van der Waals surface area contributed by atoms with Crippen molar-refractivity contribution in [3.05, 3.63) is 29.6 Å². The zero-order chi connectivity index (χ0) is 15.6. The van der Waals surface area contributed by atoms with Crippen molar-refractivity contribution in [3.8, 4) is 0 Å². The molecule has 0 aliphatic heterocycles. The molecule has 0 fully saturated rings. The Kier molecular flexibility index (Phi) is 5.15. The average molecular weight is 313 g/mol. The van der Waals surface area contributed by atoms with E-state index in [1.807, 2.05) is 0 Å². The summed E-state index contributed by atoms with van der Waals surface area (Å²) in [5.41, 5.74) is -1.59. The minimum absolute atomic E-state index is 0.306. The third-order valence-electron chi connectivity index (χ3n) is 2.86. The van der Waals surface area contributed by atoms with E-state index in [9.17, 15) is 26.0 Å². The van der Waals surface area contributed by atoms with Gasteiger partial charge in [-0.25, -0.2) is 17.5 Å². The highest BCUT2D eigenvalue weighted by Crippen LogP contribution is 2.32. The van der Waals surface area contributed by atoms with Crippen LogP contribution in [-0.4, -0.2) is 14.5 Å². The summed E-state index contributed by atoms with van der Waals surface area (Å²) in [6.07, 6.45) is -3.93. The average Bonchev–Trinajstić information content (AvgIpc) is 2.34. The Morgan fingerprint density at radius 2 is 1.75 bits per heavy atom. The number of nitrogens with one attached hydrogen (secondary N) is 1. The van der Waals surface area contributed by atoms with Crippen molar-refractivity contribution in [2.45, 2.75) is 43.8 Å². The lowest BCUT2D eigenvalue weighted by Crippen LogP contribution is -2.34. The summed E-state index contributed by atoms with van der Waals surface area (Å²) in [4.78, 5) is -0.599. The molecule has 0 atom stereocenters. The van der Waals surface area contributed by atoms with Crippen LogP contribution < -0.4 is 4.72 Å². The van der Waals surface area contributed by atoms with Crippen LogP contribution >= 0.6 is 0 Å². The number of sulfonamides is 1. The molecule has 0 amide bonds. The molecule has 1 aromatic carbocycles. The molecule has 0 radical (unpaired) electrons. The molecule has 0 saturated heterocycles. The van der Waals surface area contributed by atoms with Gasteiger partial charge in [-0.1, -0.05) is 13.8 Å². The Labute approximate surface area is 115 Å². The quantitative estimate of drug-likeness (QED) is 0.848. The van der Waals surface area contributed by atoms with Crippen LogP contribution in [0.5, 0.6) is 0 Å². The van der Waals surface area contributed by atoms with Gasteiger partial charge >= 0.3 is 6.18 Å². The van der Waals surface area contributed by atoms with Gasteiger partial charge in [-0.05, 0) is 31.0 Å². The van der Waals surface area contributed by atoms with Gasteiger partial charge in [0.25, 0.3) is 0 Å². The summed E-state index contributed by atoms with van der Waals surface area (Å²) in [5, 5.41) is 0. The van der Waals surface area contributed by atoms with E-state index in [4.69, 9.17) is 0 Å². The van der Waals surface area contributed by atoms with Crippen molar-refractivity contribution >= 4 is 10.0 Å². The Hall–Kier alpha value is -1.15. The fourth-order valence-corrected chi connectivity index (χ4v) is 3.06. The minimum Gasteiger partial charge on any atom is -0.208 e. The number of rotatable bonds is 5. The molecule has 0 bridgehead atoms. The lowest BCUT2D eigenvalue weighted by molar-refractivity contribution is -0.140. The van der Waals surface area contributed by atoms with Crippen LogP contribution in [0.15, 0.2) is 23.1 Å². The zero-order valence-electron chi connectivity index (χ0n) is 11.0.